The molecule has 2 heterocycles. The number of carbonyl (C=O) groups excluding carboxylic acids is 1. The third kappa shape index (κ3) is 2.39. The smallest absolute Gasteiger partial charge is 0.308 e. The number of fused-ring (bicyclic) bond motifs is 1. The summed E-state index contributed by atoms with van der Waals surface area (Å²) in [6.07, 6.45) is 2.20. The van der Waals surface area contributed by atoms with Crippen molar-refractivity contribution in [3.8, 4) is 0 Å². The number of aryl methyl sites for hydroxylation is 2. The van der Waals surface area contributed by atoms with Crippen molar-refractivity contribution in [1.82, 2.24) is 9.47 Å². The largest absolute Gasteiger partial charge is 0.481 e. The van der Waals surface area contributed by atoms with Gasteiger partial charge in [-0.1, -0.05) is 11.6 Å². The fourth-order valence-corrected chi connectivity index (χ4v) is 4.09. The molecule has 0 radical (unpaired) electrons. The Bertz CT molecular complexity index is 834. The van der Waals surface area contributed by atoms with Gasteiger partial charge in [-0.2, -0.15) is 0 Å². The summed E-state index contributed by atoms with van der Waals surface area (Å²) in [5.74, 6) is -0.642. The lowest BCUT2D eigenvalue weighted by atomic mass is 9.92. The number of aliphatic carboxylic acids is 1. The second kappa shape index (κ2) is 5.36. The highest BCUT2D eigenvalue weighted by Crippen LogP contribution is 2.44. The van der Waals surface area contributed by atoms with Gasteiger partial charge in [-0.05, 0) is 49.8 Å². The van der Waals surface area contributed by atoms with Gasteiger partial charge in [0, 0.05) is 31.0 Å². The molecule has 2 aromatic rings. The predicted molar refractivity (Wildman–Crippen MR) is 90.9 cm³/mol. The van der Waals surface area contributed by atoms with E-state index in [9.17, 15) is 14.7 Å². The lowest BCUT2D eigenvalue weighted by Gasteiger charge is -2.16. The Morgan fingerprint density at radius 2 is 1.92 bits per heavy atom. The molecule has 0 spiro atoms. The van der Waals surface area contributed by atoms with Crippen molar-refractivity contribution < 1.29 is 14.7 Å². The number of amides is 1. The van der Waals surface area contributed by atoms with Gasteiger partial charge < -0.3 is 14.6 Å². The third-order valence-electron chi connectivity index (χ3n) is 5.61. The van der Waals surface area contributed by atoms with Gasteiger partial charge in [0.15, 0.2) is 0 Å². The second-order valence-corrected chi connectivity index (χ2v) is 7.31. The van der Waals surface area contributed by atoms with Crippen molar-refractivity contribution in [3.63, 3.8) is 0 Å². The van der Waals surface area contributed by atoms with Crippen LogP contribution in [-0.2, 0) is 11.8 Å². The Kier molecular flexibility index (Phi) is 3.41. The standard InChI is InChI=1S/C19H22N2O3/c1-11-3-6-16-13(7-11)8-17(20(16)2)18(22)21-9-14(12-4-5-12)15(10-21)19(23)24/h3,6-8,12,14-15H,4-5,9-10H2,1-2H3,(H,23,24)/t14-,15+/m1/s1. The highest BCUT2D eigenvalue weighted by Gasteiger charge is 2.47. The second-order valence-electron chi connectivity index (χ2n) is 7.31. The number of hydrogen-bond donors (Lipinski definition) is 1. The SMILES string of the molecule is Cc1ccc2c(c1)cc(C(=O)N1C[C@H](C(=O)O)[C@@H](C3CC3)C1)n2C. The maximum atomic E-state index is 13.0. The molecule has 1 aliphatic carbocycles. The number of benzene rings is 1. The van der Waals surface area contributed by atoms with Crippen LogP contribution in [0, 0.1) is 24.7 Å². The molecule has 126 valence electrons. The number of nitrogens with zero attached hydrogens (tertiary/aromatic N) is 2. The summed E-state index contributed by atoms with van der Waals surface area (Å²) >= 11 is 0. The minimum absolute atomic E-state index is 0.0549. The van der Waals surface area contributed by atoms with Crippen LogP contribution in [0.3, 0.4) is 0 Å². The van der Waals surface area contributed by atoms with Crippen molar-refractivity contribution in [1.29, 1.82) is 0 Å². The molecule has 24 heavy (non-hydrogen) atoms. The molecular weight excluding hydrogens is 304 g/mol. The molecule has 2 fully saturated rings. The fourth-order valence-electron chi connectivity index (χ4n) is 4.09. The molecule has 1 amide bonds. The van der Waals surface area contributed by atoms with E-state index in [0.717, 1.165) is 29.3 Å². The molecular formula is C19H22N2O3. The Hall–Kier alpha value is -2.30. The van der Waals surface area contributed by atoms with Crippen LogP contribution in [0.4, 0.5) is 0 Å². The maximum Gasteiger partial charge on any atom is 0.308 e. The first-order valence-corrected chi connectivity index (χ1v) is 8.54. The zero-order valence-electron chi connectivity index (χ0n) is 14.0. The summed E-state index contributed by atoms with van der Waals surface area (Å²) in [5.41, 5.74) is 2.82. The quantitative estimate of drug-likeness (QED) is 0.943. The van der Waals surface area contributed by atoms with Gasteiger partial charge in [0.2, 0.25) is 0 Å². The van der Waals surface area contributed by atoms with Gasteiger partial charge >= 0.3 is 5.97 Å². The van der Waals surface area contributed by atoms with Gasteiger partial charge in [-0.3, -0.25) is 9.59 Å². The van der Waals surface area contributed by atoms with Crippen LogP contribution >= 0.6 is 0 Å². The van der Waals surface area contributed by atoms with Crippen molar-refractivity contribution >= 4 is 22.8 Å². The number of rotatable bonds is 3. The Morgan fingerprint density at radius 3 is 2.58 bits per heavy atom. The number of likely N-dealkylation sites (tertiary alicyclic amines) is 1. The van der Waals surface area contributed by atoms with Gasteiger partial charge in [0.25, 0.3) is 5.91 Å². The van der Waals surface area contributed by atoms with Crippen LogP contribution in [0.25, 0.3) is 10.9 Å². The van der Waals surface area contributed by atoms with Gasteiger partial charge in [0.1, 0.15) is 5.69 Å². The number of carbonyl (C=O) groups is 2. The van der Waals surface area contributed by atoms with Crippen molar-refractivity contribution in [2.45, 2.75) is 19.8 Å². The third-order valence-corrected chi connectivity index (χ3v) is 5.61. The molecule has 4 rings (SSSR count). The zero-order chi connectivity index (χ0) is 17.0. The first-order chi connectivity index (χ1) is 11.5. The van der Waals surface area contributed by atoms with Gasteiger partial charge in [0.05, 0.1) is 5.92 Å². The van der Waals surface area contributed by atoms with Gasteiger partial charge in [-0.25, -0.2) is 0 Å². The minimum Gasteiger partial charge on any atom is -0.481 e. The van der Waals surface area contributed by atoms with Crippen LogP contribution in [0.15, 0.2) is 24.3 Å². The van der Waals surface area contributed by atoms with Crippen molar-refractivity contribution in [2.24, 2.45) is 24.8 Å². The predicted octanol–water partition coefficient (Wildman–Crippen LogP) is 2.67. The summed E-state index contributed by atoms with van der Waals surface area (Å²) in [6, 6.07) is 8.06. The van der Waals surface area contributed by atoms with Crippen LogP contribution in [-0.4, -0.2) is 39.5 Å². The summed E-state index contributed by atoms with van der Waals surface area (Å²) in [5, 5.41) is 10.5. The summed E-state index contributed by atoms with van der Waals surface area (Å²) < 4.78 is 1.91. The lowest BCUT2D eigenvalue weighted by Crippen LogP contribution is -2.31. The average Bonchev–Trinajstić information content (AvgIpc) is 3.20. The van der Waals surface area contributed by atoms with Gasteiger partial charge in [-0.15, -0.1) is 0 Å². The van der Waals surface area contributed by atoms with E-state index in [0.29, 0.717) is 24.7 Å². The van der Waals surface area contributed by atoms with E-state index in [2.05, 4.69) is 6.07 Å². The van der Waals surface area contributed by atoms with E-state index < -0.39 is 11.9 Å². The van der Waals surface area contributed by atoms with E-state index in [4.69, 9.17) is 0 Å². The first kappa shape index (κ1) is 15.2. The molecule has 5 nitrogen and oxygen atoms in total. The maximum absolute atomic E-state index is 13.0. The number of carboxylic acids is 1. The monoisotopic (exact) mass is 326 g/mol. The first-order valence-electron chi connectivity index (χ1n) is 8.54. The van der Waals surface area contributed by atoms with E-state index in [1.807, 2.05) is 36.7 Å². The number of carboxylic acid groups (broad SMARTS) is 1. The fraction of sp³-hybridized carbons (Fsp3) is 0.474. The molecule has 2 atom stereocenters. The highest BCUT2D eigenvalue weighted by atomic mass is 16.4. The van der Waals surface area contributed by atoms with E-state index in [1.165, 1.54) is 0 Å². The minimum atomic E-state index is -0.769. The molecule has 1 aliphatic heterocycles. The van der Waals surface area contributed by atoms with Crippen LogP contribution in [0.1, 0.15) is 28.9 Å². The molecule has 1 saturated heterocycles. The molecule has 1 saturated carbocycles. The van der Waals surface area contributed by atoms with Crippen LogP contribution in [0.5, 0.6) is 0 Å². The Balaban J connectivity index is 1.64. The van der Waals surface area contributed by atoms with E-state index >= 15 is 0 Å². The molecule has 5 heteroatoms. The topological polar surface area (TPSA) is 62.5 Å². The van der Waals surface area contributed by atoms with Crippen molar-refractivity contribution in [3.05, 3.63) is 35.5 Å². The molecule has 0 unspecified atom stereocenters. The van der Waals surface area contributed by atoms with Crippen molar-refractivity contribution in [2.75, 3.05) is 13.1 Å². The Morgan fingerprint density at radius 1 is 1.17 bits per heavy atom. The molecule has 1 aromatic heterocycles. The Labute approximate surface area is 140 Å². The lowest BCUT2D eigenvalue weighted by molar-refractivity contribution is -0.142. The van der Waals surface area contributed by atoms with E-state index in [1.54, 1.807) is 4.90 Å². The summed E-state index contributed by atoms with van der Waals surface area (Å²) in [7, 11) is 1.90. The zero-order valence-corrected chi connectivity index (χ0v) is 14.0. The summed E-state index contributed by atoms with van der Waals surface area (Å²) in [6.45, 7) is 2.93. The molecule has 0 bridgehead atoms. The molecule has 1 N–H and O–H groups in total. The number of hydrogen-bond acceptors (Lipinski definition) is 2. The normalized spacial score (nSPS) is 23.8. The molecule has 1 aromatic carbocycles. The van der Waals surface area contributed by atoms with Crippen LogP contribution in [0.2, 0.25) is 0 Å². The van der Waals surface area contributed by atoms with Crippen LogP contribution < -0.4 is 0 Å². The highest BCUT2D eigenvalue weighted by molar-refractivity contribution is 5.99. The number of aromatic nitrogens is 1. The summed E-state index contributed by atoms with van der Waals surface area (Å²) in [4.78, 5) is 26.3. The molecule has 2 aliphatic rings. The average molecular weight is 326 g/mol. The van der Waals surface area contributed by atoms with E-state index in [-0.39, 0.29) is 11.8 Å².